The van der Waals surface area contributed by atoms with Crippen LogP contribution in [0.3, 0.4) is 0 Å². The van der Waals surface area contributed by atoms with E-state index in [2.05, 4.69) is 5.32 Å². The second kappa shape index (κ2) is 8.73. The van der Waals surface area contributed by atoms with Crippen LogP contribution in [-0.4, -0.2) is 27.4 Å². The molecule has 0 bridgehead atoms. The minimum absolute atomic E-state index is 0.287. The first-order valence-corrected chi connectivity index (χ1v) is 9.63. The molecule has 0 spiro atoms. The van der Waals surface area contributed by atoms with Crippen molar-refractivity contribution < 1.29 is 26.4 Å². The van der Waals surface area contributed by atoms with Gasteiger partial charge in [-0.15, -0.1) is 0 Å². The molecule has 0 aliphatic carbocycles. The Bertz CT molecular complexity index is 903. The summed E-state index contributed by atoms with van der Waals surface area (Å²) in [5.41, 5.74) is -0.159. The van der Waals surface area contributed by atoms with Gasteiger partial charge < -0.3 is 5.32 Å². The highest BCUT2D eigenvalue weighted by Crippen LogP contribution is 2.33. The second-order valence-corrected chi connectivity index (χ2v) is 7.70. The van der Waals surface area contributed by atoms with Gasteiger partial charge in [0.15, 0.2) is 0 Å². The largest absolute Gasteiger partial charge is 0.416 e. The molecular formula is C17H16ClF3N2O3S. The Labute approximate surface area is 159 Å². The average molecular weight is 421 g/mol. The van der Waals surface area contributed by atoms with E-state index in [1.54, 1.807) is 0 Å². The number of hydrogen-bond acceptors (Lipinski definition) is 3. The number of rotatable bonds is 7. The van der Waals surface area contributed by atoms with Gasteiger partial charge in [-0.2, -0.15) is 13.2 Å². The fraction of sp³-hybridized carbons (Fsp3) is 0.235. The van der Waals surface area contributed by atoms with Crippen LogP contribution in [0.4, 0.5) is 13.2 Å². The molecule has 0 fully saturated rings. The van der Waals surface area contributed by atoms with Crippen molar-refractivity contribution in [3.8, 4) is 0 Å². The molecule has 0 radical (unpaired) electrons. The molecule has 5 nitrogen and oxygen atoms in total. The van der Waals surface area contributed by atoms with E-state index in [1.165, 1.54) is 0 Å². The molecule has 2 aromatic rings. The summed E-state index contributed by atoms with van der Waals surface area (Å²) in [4.78, 5) is 11.0. The number of carbonyl (C=O) groups excluding carboxylic acids is 1. The van der Waals surface area contributed by atoms with Gasteiger partial charge in [-0.05, 0) is 30.2 Å². The third-order valence-electron chi connectivity index (χ3n) is 3.55. The molecule has 0 heterocycles. The van der Waals surface area contributed by atoms with Crippen LogP contribution >= 0.6 is 11.6 Å². The molecule has 0 saturated heterocycles. The van der Waals surface area contributed by atoms with E-state index in [0.29, 0.717) is 18.6 Å². The Kier molecular flexibility index (Phi) is 6.85. The first-order chi connectivity index (χ1) is 12.6. The molecule has 27 heavy (non-hydrogen) atoms. The molecule has 0 aliphatic heterocycles. The molecule has 0 aromatic heterocycles. The summed E-state index contributed by atoms with van der Waals surface area (Å²) in [5.74, 6) is -0.613. The van der Waals surface area contributed by atoms with Gasteiger partial charge in [-0.3, -0.25) is 4.79 Å². The molecule has 0 saturated carbocycles. The first kappa shape index (κ1) is 21.2. The molecule has 2 N–H and O–H groups in total. The van der Waals surface area contributed by atoms with E-state index in [4.69, 9.17) is 11.6 Å². The van der Waals surface area contributed by atoms with Gasteiger partial charge in [0.25, 0.3) is 0 Å². The quantitative estimate of drug-likeness (QED) is 0.723. The van der Waals surface area contributed by atoms with Gasteiger partial charge in [-0.1, -0.05) is 41.9 Å². The highest BCUT2D eigenvalue weighted by atomic mass is 35.5. The number of nitrogens with one attached hydrogen (secondary N) is 2. The van der Waals surface area contributed by atoms with Gasteiger partial charge in [0, 0.05) is 6.54 Å². The standard InChI is InChI=1S/C17H16ClF3N2O3S/c18-14-7-6-13(17(19,20)21)10-15(14)27(25,26)23-11-16(24)22-9-8-12-4-2-1-3-5-12/h1-7,10,23H,8-9,11H2,(H,22,24). The Morgan fingerprint density at radius 1 is 1.07 bits per heavy atom. The van der Waals surface area contributed by atoms with Crippen molar-refractivity contribution in [3.63, 3.8) is 0 Å². The lowest BCUT2D eigenvalue weighted by Crippen LogP contribution is -2.37. The number of halogens is 4. The minimum Gasteiger partial charge on any atom is -0.355 e. The fourth-order valence-corrected chi connectivity index (χ4v) is 3.68. The molecule has 0 aliphatic rings. The van der Waals surface area contributed by atoms with E-state index in [-0.39, 0.29) is 11.6 Å². The van der Waals surface area contributed by atoms with Crippen molar-refractivity contribution in [1.82, 2.24) is 10.0 Å². The molecular weight excluding hydrogens is 405 g/mol. The normalized spacial score (nSPS) is 12.0. The topological polar surface area (TPSA) is 75.3 Å². The van der Waals surface area contributed by atoms with E-state index in [1.807, 2.05) is 35.1 Å². The molecule has 0 atom stereocenters. The maximum absolute atomic E-state index is 12.8. The molecule has 0 unspecified atom stereocenters. The first-order valence-electron chi connectivity index (χ1n) is 7.76. The molecule has 2 aromatic carbocycles. The summed E-state index contributed by atoms with van der Waals surface area (Å²) < 4.78 is 64.6. The van der Waals surface area contributed by atoms with Crippen LogP contribution < -0.4 is 10.0 Å². The van der Waals surface area contributed by atoms with Crippen molar-refractivity contribution in [2.75, 3.05) is 13.1 Å². The zero-order valence-corrected chi connectivity index (χ0v) is 15.5. The zero-order valence-electron chi connectivity index (χ0n) is 13.9. The Morgan fingerprint density at radius 2 is 1.74 bits per heavy atom. The van der Waals surface area contributed by atoms with E-state index in [9.17, 15) is 26.4 Å². The third kappa shape index (κ3) is 6.23. The van der Waals surface area contributed by atoms with Gasteiger partial charge in [0.2, 0.25) is 15.9 Å². The molecule has 1 amide bonds. The van der Waals surface area contributed by atoms with Crippen LogP contribution in [0, 0.1) is 0 Å². The SMILES string of the molecule is O=C(CNS(=O)(=O)c1cc(C(F)(F)F)ccc1Cl)NCCc1ccccc1. The maximum atomic E-state index is 12.8. The van der Waals surface area contributed by atoms with E-state index < -0.39 is 39.1 Å². The fourth-order valence-electron chi connectivity index (χ4n) is 2.18. The Hall–Kier alpha value is -2.10. The maximum Gasteiger partial charge on any atom is 0.416 e. The van der Waals surface area contributed by atoms with Crippen molar-refractivity contribution in [3.05, 3.63) is 64.7 Å². The highest BCUT2D eigenvalue weighted by molar-refractivity contribution is 7.89. The van der Waals surface area contributed by atoms with Gasteiger partial charge in [-0.25, -0.2) is 13.1 Å². The number of benzene rings is 2. The van der Waals surface area contributed by atoms with Crippen LogP contribution in [0.1, 0.15) is 11.1 Å². The molecule has 10 heteroatoms. The van der Waals surface area contributed by atoms with E-state index >= 15 is 0 Å². The van der Waals surface area contributed by atoms with Crippen LogP contribution in [0.5, 0.6) is 0 Å². The van der Waals surface area contributed by atoms with Crippen molar-refractivity contribution in [2.24, 2.45) is 0 Å². The van der Waals surface area contributed by atoms with Crippen molar-refractivity contribution >= 4 is 27.5 Å². The molecule has 146 valence electrons. The number of hydrogen-bond donors (Lipinski definition) is 2. The van der Waals surface area contributed by atoms with Crippen LogP contribution in [0.25, 0.3) is 0 Å². The Morgan fingerprint density at radius 3 is 2.37 bits per heavy atom. The van der Waals surface area contributed by atoms with Crippen LogP contribution in [0.15, 0.2) is 53.4 Å². The van der Waals surface area contributed by atoms with E-state index in [0.717, 1.165) is 11.6 Å². The summed E-state index contributed by atoms with van der Waals surface area (Å²) in [5, 5.41) is 2.15. The molecule has 2 rings (SSSR count). The summed E-state index contributed by atoms with van der Waals surface area (Å²) in [6.45, 7) is -0.335. The number of alkyl halides is 3. The number of sulfonamides is 1. The lowest BCUT2D eigenvalue weighted by atomic mass is 10.1. The monoisotopic (exact) mass is 420 g/mol. The van der Waals surface area contributed by atoms with Gasteiger partial charge >= 0.3 is 6.18 Å². The second-order valence-electron chi connectivity index (χ2n) is 5.55. The highest BCUT2D eigenvalue weighted by Gasteiger charge is 2.32. The van der Waals surface area contributed by atoms with Crippen molar-refractivity contribution in [2.45, 2.75) is 17.5 Å². The van der Waals surface area contributed by atoms with Crippen molar-refractivity contribution in [1.29, 1.82) is 0 Å². The number of carbonyl (C=O) groups is 1. The van der Waals surface area contributed by atoms with Gasteiger partial charge in [0.05, 0.1) is 17.1 Å². The van der Waals surface area contributed by atoms with Gasteiger partial charge in [0.1, 0.15) is 4.90 Å². The minimum atomic E-state index is -4.72. The van der Waals surface area contributed by atoms with Crippen LogP contribution in [-0.2, 0) is 27.4 Å². The summed E-state index contributed by atoms with van der Waals surface area (Å²) in [6.07, 6.45) is -4.16. The lowest BCUT2D eigenvalue weighted by molar-refractivity contribution is -0.137. The summed E-state index contributed by atoms with van der Waals surface area (Å²) >= 11 is 5.71. The predicted octanol–water partition coefficient (Wildman–Crippen LogP) is 3.00. The third-order valence-corrected chi connectivity index (χ3v) is 5.43. The summed E-state index contributed by atoms with van der Waals surface area (Å²) in [6, 6.07) is 11.3. The lowest BCUT2D eigenvalue weighted by Gasteiger charge is -2.12. The smallest absolute Gasteiger partial charge is 0.355 e. The average Bonchev–Trinajstić information content (AvgIpc) is 2.60. The summed E-state index contributed by atoms with van der Waals surface area (Å²) in [7, 11) is -4.39. The Balaban J connectivity index is 1.95. The van der Waals surface area contributed by atoms with Crippen LogP contribution in [0.2, 0.25) is 5.02 Å². The zero-order chi connectivity index (χ0) is 20.1. The number of amides is 1. The predicted molar refractivity (Wildman–Crippen MR) is 94.8 cm³/mol.